The van der Waals surface area contributed by atoms with Crippen molar-refractivity contribution in [3.05, 3.63) is 42.2 Å². The fourth-order valence-electron chi connectivity index (χ4n) is 1.71. The van der Waals surface area contributed by atoms with Gasteiger partial charge in [-0.2, -0.15) is 0 Å². The molecule has 0 aromatic carbocycles. The van der Waals surface area contributed by atoms with Gasteiger partial charge in [-0.3, -0.25) is 4.72 Å². The highest BCUT2D eigenvalue weighted by atomic mass is 32.2. The Labute approximate surface area is 124 Å². The summed E-state index contributed by atoms with van der Waals surface area (Å²) in [5.74, 6) is 0.870. The molecule has 0 saturated heterocycles. The van der Waals surface area contributed by atoms with Crippen molar-refractivity contribution in [3.63, 3.8) is 0 Å². The number of anilines is 2. The fourth-order valence-corrected chi connectivity index (χ4v) is 2.80. The zero-order valence-electron chi connectivity index (χ0n) is 12.0. The van der Waals surface area contributed by atoms with Crippen molar-refractivity contribution in [1.82, 2.24) is 9.97 Å². The third-order valence-electron chi connectivity index (χ3n) is 2.84. The Morgan fingerprint density at radius 3 is 2.71 bits per heavy atom. The van der Waals surface area contributed by atoms with Gasteiger partial charge >= 0.3 is 0 Å². The molecule has 0 aliphatic rings. The highest BCUT2D eigenvalue weighted by Crippen LogP contribution is 2.18. The van der Waals surface area contributed by atoms with Crippen molar-refractivity contribution in [3.8, 4) is 0 Å². The number of sulfonamides is 1. The molecule has 2 aromatic rings. The number of aryl methyl sites for hydroxylation is 1. The van der Waals surface area contributed by atoms with Gasteiger partial charge in [0.1, 0.15) is 11.6 Å². The van der Waals surface area contributed by atoms with Crippen molar-refractivity contribution in [2.75, 3.05) is 16.6 Å². The summed E-state index contributed by atoms with van der Waals surface area (Å²) in [7, 11) is -3.68. The monoisotopic (exact) mass is 306 g/mol. The lowest BCUT2D eigenvalue weighted by Gasteiger charge is -2.10. The number of nitrogens with zero attached hydrogens (tertiary/aromatic N) is 2. The summed E-state index contributed by atoms with van der Waals surface area (Å²) in [6, 6.07) is 6.52. The van der Waals surface area contributed by atoms with Crippen LogP contribution in [0.25, 0.3) is 0 Å². The third kappa shape index (κ3) is 3.91. The SMILES string of the molecule is CCCNc1cc(S(=O)(=O)Nc2ncccc2C)ccn1. The Balaban J connectivity index is 2.25. The molecule has 0 radical (unpaired) electrons. The summed E-state index contributed by atoms with van der Waals surface area (Å²) in [6.07, 6.45) is 3.95. The number of pyridine rings is 2. The second-order valence-corrected chi connectivity index (χ2v) is 6.26. The average molecular weight is 306 g/mol. The molecular weight excluding hydrogens is 288 g/mol. The third-order valence-corrected chi connectivity index (χ3v) is 4.17. The van der Waals surface area contributed by atoms with Crippen LogP contribution in [0.15, 0.2) is 41.6 Å². The molecule has 0 fully saturated rings. The predicted molar refractivity (Wildman–Crippen MR) is 82.8 cm³/mol. The number of nitrogens with one attached hydrogen (secondary N) is 2. The van der Waals surface area contributed by atoms with Crippen LogP contribution in [0.1, 0.15) is 18.9 Å². The van der Waals surface area contributed by atoms with Gasteiger partial charge < -0.3 is 5.32 Å². The van der Waals surface area contributed by atoms with Crippen LogP contribution in [0, 0.1) is 6.92 Å². The van der Waals surface area contributed by atoms with Crippen LogP contribution >= 0.6 is 0 Å². The summed E-state index contributed by atoms with van der Waals surface area (Å²) in [4.78, 5) is 8.29. The molecule has 2 rings (SSSR count). The van der Waals surface area contributed by atoms with E-state index in [4.69, 9.17) is 0 Å². The van der Waals surface area contributed by atoms with Gasteiger partial charge in [0.2, 0.25) is 0 Å². The molecule has 0 spiro atoms. The van der Waals surface area contributed by atoms with Crippen molar-refractivity contribution in [1.29, 1.82) is 0 Å². The molecule has 0 amide bonds. The number of rotatable bonds is 6. The Morgan fingerprint density at radius 1 is 1.19 bits per heavy atom. The van der Waals surface area contributed by atoms with Crippen molar-refractivity contribution < 1.29 is 8.42 Å². The molecule has 0 aliphatic heterocycles. The zero-order chi connectivity index (χ0) is 15.3. The highest BCUT2D eigenvalue weighted by Gasteiger charge is 2.16. The molecule has 0 atom stereocenters. The van der Waals surface area contributed by atoms with E-state index < -0.39 is 10.0 Å². The van der Waals surface area contributed by atoms with Gasteiger partial charge in [-0.1, -0.05) is 13.0 Å². The maximum Gasteiger partial charge on any atom is 0.263 e. The van der Waals surface area contributed by atoms with E-state index in [0.29, 0.717) is 11.6 Å². The molecule has 2 heterocycles. The predicted octanol–water partition coefficient (Wildman–Crippen LogP) is 2.41. The maximum atomic E-state index is 12.4. The van der Waals surface area contributed by atoms with Crippen molar-refractivity contribution in [2.24, 2.45) is 0 Å². The summed E-state index contributed by atoms with van der Waals surface area (Å²) in [6.45, 7) is 4.56. The minimum absolute atomic E-state index is 0.154. The van der Waals surface area contributed by atoms with E-state index in [1.807, 2.05) is 6.92 Å². The summed E-state index contributed by atoms with van der Waals surface area (Å²) in [5.41, 5.74) is 0.763. The first-order chi connectivity index (χ1) is 10.0. The van der Waals surface area contributed by atoms with Crippen LogP contribution in [0.2, 0.25) is 0 Å². The molecule has 0 bridgehead atoms. The summed E-state index contributed by atoms with van der Waals surface area (Å²) >= 11 is 0. The van der Waals surface area contributed by atoms with Crippen LogP contribution in [-0.2, 0) is 10.0 Å². The maximum absolute atomic E-state index is 12.4. The average Bonchev–Trinajstić information content (AvgIpc) is 2.48. The Morgan fingerprint density at radius 2 is 2.00 bits per heavy atom. The van der Waals surface area contributed by atoms with E-state index in [9.17, 15) is 8.42 Å². The molecule has 7 heteroatoms. The molecule has 0 saturated carbocycles. The first kappa shape index (κ1) is 15.2. The zero-order valence-corrected chi connectivity index (χ0v) is 12.8. The second kappa shape index (κ2) is 6.53. The highest BCUT2D eigenvalue weighted by molar-refractivity contribution is 7.92. The fraction of sp³-hybridized carbons (Fsp3) is 0.286. The minimum Gasteiger partial charge on any atom is -0.370 e. The van der Waals surface area contributed by atoms with Gasteiger partial charge in [-0.05, 0) is 31.0 Å². The van der Waals surface area contributed by atoms with Gasteiger partial charge in [0.25, 0.3) is 10.0 Å². The van der Waals surface area contributed by atoms with Gasteiger partial charge in [0.05, 0.1) is 4.90 Å². The number of hydrogen-bond donors (Lipinski definition) is 2. The van der Waals surface area contributed by atoms with E-state index in [2.05, 4.69) is 20.0 Å². The minimum atomic E-state index is -3.68. The topological polar surface area (TPSA) is 84.0 Å². The van der Waals surface area contributed by atoms with Crippen LogP contribution in [-0.4, -0.2) is 24.9 Å². The Bertz CT molecular complexity index is 716. The lowest BCUT2D eigenvalue weighted by molar-refractivity contribution is 0.601. The van der Waals surface area contributed by atoms with Crippen molar-refractivity contribution in [2.45, 2.75) is 25.2 Å². The van der Waals surface area contributed by atoms with Crippen LogP contribution in [0.3, 0.4) is 0 Å². The number of hydrogen-bond acceptors (Lipinski definition) is 5. The largest absolute Gasteiger partial charge is 0.370 e. The molecule has 0 aliphatic carbocycles. The van der Waals surface area contributed by atoms with Gasteiger partial charge in [-0.25, -0.2) is 18.4 Å². The van der Waals surface area contributed by atoms with Crippen LogP contribution in [0.5, 0.6) is 0 Å². The van der Waals surface area contributed by atoms with E-state index in [1.165, 1.54) is 18.3 Å². The van der Waals surface area contributed by atoms with Crippen molar-refractivity contribution >= 4 is 21.7 Å². The molecule has 112 valence electrons. The van der Waals surface area contributed by atoms with E-state index in [-0.39, 0.29) is 4.90 Å². The molecule has 21 heavy (non-hydrogen) atoms. The van der Waals surface area contributed by atoms with Crippen LogP contribution in [0.4, 0.5) is 11.6 Å². The summed E-state index contributed by atoms with van der Waals surface area (Å²) < 4.78 is 27.2. The van der Waals surface area contributed by atoms with Gasteiger partial charge in [-0.15, -0.1) is 0 Å². The lowest BCUT2D eigenvalue weighted by atomic mass is 10.3. The molecule has 2 N–H and O–H groups in total. The molecule has 0 unspecified atom stereocenters. The Kier molecular flexibility index (Phi) is 4.74. The first-order valence-electron chi connectivity index (χ1n) is 6.67. The number of aromatic nitrogens is 2. The van der Waals surface area contributed by atoms with E-state index in [1.54, 1.807) is 25.3 Å². The second-order valence-electron chi connectivity index (χ2n) is 4.58. The molecule has 6 nitrogen and oxygen atoms in total. The Hall–Kier alpha value is -2.15. The van der Waals surface area contributed by atoms with E-state index in [0.717, 1.165) is 18.5 Å². The van der Waals surface area contributed by atoms with Gasteiger partial charge in [0.15, 0.2) is 0 Å². The van der Waals surface area contributed by atoms with Gasteiger partial charge in [0, 0.05) is 25.0 Å². The molecular formula is C14H18N4O2S. The standard InChI is InChI=1S/C14H18N4O2S/c1-3-7-15-13-10-12(6-9-16-13)21(19,20)18-14-11(2)5-4-8-17-14/h4-6,8-10H,3,7H2,1-2H3,(H,15,16)(H,17,18). The lowest BCUT2D eigenvalue weighted by Crippen LogP contribution is -2.15. The quantitative estimate of drug-likeness (QED) is 0.856. The molecule has 2 aromatic heterocycles. The van der Waals surface area contributed by atoms with E-state index >= 15 is 0 Å². The summed E-state index contributed by atoms with van der Waals surface area (Å²) in [5, 5.41) is 3.06. The normalized spacial score (nSPS) is 11.1. The van der Waals surface area contributed by atoms with Crippen LogP contribution < -0.4 is 10.0 Å². The smallest absolute Gasteiger partial charge is 0.263 e. The first-order valence-corrected chi connectivity index (χ1v) is 8.15.